The van der Waals surface area contributed by atoms with Gasteiger partial charge in [0, 0.05) is 27.0 Å². The van der Waals surface area contributed by atoms with Crippen molar-refractivity contribution in [3.05, 3.63) is 162 Å². The van der Waals surface area contributed by atoms with Gasteiger partial charge in [-0.15, -0.1) is 0 Å². The minimum Gasteiger partial charge on any atom is -0.360 e. The summed E-state index contributed by atoms with van der Waals surface area (Å²) in [6.45, 7) is 1.78. The van der Waals surface area contributed by atoms with Gasteiger partial charge in [0.05, 0.1) is 18.3 Å². The smallest absolute Gasteiger partial charge is 0.198 e. The molecule has 5 heteroatoms. The summed E-state index contributed by atoms with van der Waals surface area (Å²) in [5.74, 6) is 0.355. The highest BCUT2D eigenvalue weighted by Crippen LogP contribution is 2.51. The van der Waals surface area contributed by atoms with E-state index in [1.54, 1.807) is 6.92 Å². The van der Waals surface area contributed by atoms with Gasteiger partial charge in [-0.3, -0.25) is 9.54 Å². The van der Waals surface area contributed by atoms with Crippen molar-refractivity contribution in [3.8, 4) is 11.3 Å². The normalized spacial score (nSPS) is 11.2. The van der Waals surface area contributed by atoms with E-state index in [0.717, 1.165) is 27.2 Å². The molecule has 0 aliphatic heterocycles. The van der Waals surface area contributed by atoms with Crippen molar-refractivity contribution < 1.29 is 9.32 Å². The first kappa shape index (κ1) is 25.5. The Kier molecular flexibility index (Phi) is 7.09. The van der Waals surface area contributed by atoms with Crippen LogP contribution in [0.5, 0.6) is 0 Å². The van der Waals surface area contributed by atoms with E-state index in [-0.39, 0.29) is 5.78 Å². The second kappa shape index (κ2) is 11.1. The Bertz CT molecular complexity index is 1710. The average molecular weight is 539 g/mol. The topological polar surface area (TPSA) is 55.5 Å². The van der Waals surface area contributed by atoms with Gasteiger partial charge in [0.2, 0.25) is 0 Å². The van der Waals surface area contributed by atoms with E-state index in [9.17, 15) is 4.79 Å². The van der Waals surface area contributed by atoms with Crippen molar-refractivity contribution in [2.45, 2.75) is 6.92 Å². The molecule has 6 rings (SSSR count). The molecule has 0 unspecified atom stereocenters. The molecule has 5 aromatic carbocycles. The Balaban J connectivity index is 1.66. The van der Waals surface area contributed by atoms with Crippen LogP contribution in [0, 0.1) is 6.92 Å². The van der Waals surface area contributed by atoms with Crippen molar-refractivity contribution in [3.63, 3.8) is 0 Å². The fraction of sp³-hybridized carbons (Fsp3) is 0.0286. The van der Waals surface area contributed by atoms with E-state index in [0.29, 0.717) is 22.6 Å². The molecule has 0 saturated carbocycles. The van der Waals surface area contributed by atoms with Crippen LogP contribution in [0.25, 0.3) is 11.3 Å². The molecule has 0 aliphatic rings. The molecule has 0 saturated heterocycles. The lowest BCUT2D eigenvalue weighted by Crippen LogP contribution is -2.25. The molecule has 0 N–H and O–H groups in total. The number of hydrogen-bond acceptors (Lipinski definition) is 4. The van der Waals surface area contributed by atoms with Gasteiger partial charge in [-0.25, -0.2) is 0 Å². The minimum absolute atomic E-state index is 0.126. The zero-order chi connectivity index (χ0) is 27.4. The molecule has 0 radical (unpaired) electrons. The van der Waals surface area contributed by atoms with Crippen LogP contribution in [0.4, 0.5) is 5.69 Å². The molecule has 4 nitrogen and oxygen atoms in total. The van der Waals surface area contributed by atoms with E-state index in [1.807, 2.05) is 72.8 Å². The highest BCUT2D eigenvalue weighted by atomic mass is 31.2. The lowest BCUT2D eigenvalue weighted by molar-refractivity contribution is 0.103. The van der Waals surface area contributed by atoms with Crippen molar-refractivity contribution in [2.24, 2.45) is 4.74 Å². The maximum atomic E-state index is 13.7. The van der Waals surface area contributed by atoms with Crippen LogP contribution >= 0.6 is 7.05 Å². The van der Waals surface area contributed by atoms with Crippen molar-refractivity contribution in [1.29, 1.82) is 0 Å². The zero-order valence-corrected chi connectivity index (χ0v) is 22.9. The number of carbonyl (C=O) groups is 1. The first-order valence-corrected chi connectivity index (χ1v) is 14.9. The maximum Gasteiger partial charge on any atom is 0.198 e. The molecule has 194 valence electrons. The SMILES string of the molecule is Cc1onc(-c2ccccc2N=P(c2ccccc2)(c2ccccc2)c2ccccc2)c1C(=O)c1ccccc1. The first-order valence-electron chi connectivity index (χ1n) is 13.1. The second-order valence-corrected chi connectivity index (χ2v) is 12.4. The maximum absolute atomic E-state index is 13.7. The van der Waals surface area contributed by atoms with Crippen molar-refractivity contribution in [1.82, 2.24) is 5.16 Å². The Morgan fingerprint density at radius 3 is 1.60 bits per heavy atom. The van der Waals surface area contributed by atoms with Gasteiger partial charge in [0.25, 0.3) is 0 Å². The molecule has 0 aliphatic carbocycles. The van der Waals surface area contributed by atoms with E-state index in [2.05, 4.69) is 78.0 Å². The fourth-order valence-corrected chi connectivity index (χ4v) is 8.58. The van der Waals surface area contributed by atoms with Crippen LogP contribution in [0.3, 0.4) is 0 Å². The molecule has 0 spiro atoms. The molecule has 0 amide bonds. The van der Waals surface area contributed by atoms with Gasteiger partial charge in [-0.2, -0.15) is 0 Å². The van der Waals surface area contributed by atoms with Gasteiger partial charge in [-0.05, 0) is 13.0 Å². The number of nitrogens with zero attached hydrogens (tertiary/aromatic N) is 2. The predicted octanol–water partition coefficient (Wildman–Crippen LogP) is 7.69. The lowest BCUT2D eigenvalue weighted by Gasteiger charge is -2.27. The summed E-state index contributed by atoms with van der Waals surface area (Å²) in [5.41, 5.74) is 3.05. The van der Waals surface area contributed by atoms with Crippen LogP contribution in [0.2, 0.25) is 0 Å². The standard InChI is InChI=1S/C35H27N2O2P/c1-26-33(35(38)27-16-6-2-7-17-27)34(36-39-26)31-24-14-15-25-32(31)37-40(28-18-8-3-9-19-28,29-20-10-4-11-21-29)30-22-12-5-13-23-30/h2-25H,1H3. The third-order valence-corrected chi connectivity index (χ3v) is 10.6. The molecule has 0 atom stereocenters. The molecule has 0 bridgehead atoms. The Morgan fingerprint density at radius 1 is 0.625 bits per heavy atom. The fourth-order valence-electron chi connectivity index (χ4n) is 5.03. The number of rotatable bonds is 7. The average Bonchev–Trinajstić information content (AvgIpc) is 3.42. The largest absolute Gasteiger partial charge is 0.360 e. The van der Waals surface area contributed by atoms with Crippen LogP contribution in [0.15, 0.2) is 155 Å². The molecule has 6 aromatic rings. The van der Waals surface area contributed by atoms with Crippen molar-refractivity contribution in [2.75, 3.05) is 0 Å². The summed E-state index contributed by atoms with van der Waals surface area (Å²) >= 11 is 0. The van der Waals surface area contributed by atoms with Crippen LogP contribution in [-0.4, -0.2) is 10.9 Å². The van der Waals surface area contributed by atoms with Gasteiger partial charge < -0.3 is 4.52 Å². The summed E-state index contributed by atoms with van der Waals surface area (Å²) < 4.78 is 11.3. The lowest BCUT2D eigenvalue weighted by atomic mass is 9.97. The molecular formula is C35H27N2O2P. The van der Waals surface area contributed by atoms with Crippen LogP contribution in [0.1, 0.15) is 21.7 Å². The summed E-state index contributed by atoms with van der Waals surface area (Å²) in [6.07, 6.45) is 0. The summed E-state index contributed by atoms with van der Waals surface area (Å²) in [7, 11) is -2.53. The van der Waals surface area contributed by atoms with Gasteiger partial charge >= 0.3 is 0 Å². The zero-order valence-electron chi connectivity index (χ0n) is 22.0. The van der Waals surface area contributed by atoms with Gasteiger partial charge in [-0.1, -0.05) is 145 Å². The minimum atomic E-state index is -2.53. The Morgan fingerprint density at radius 2 is 1.07 bits per heavy atom. The summed E-state index contributed by atoms with van der Waals surface area (Å²) in [6, 6.07) is 48.5. The van der Waals surface area contributed by atoms with Crippen LogP contribution in [-0.2, 0) is 0 Å². The summed E-state index contributed by atoms with van der Waals surface area (Å²) in [5, 5.41) is 7.81. The first-order chi connectivity index (χ1) is 19.7. The molecule has 1 aromatic heterocycles. The third kappa shape index (κ3) is 4.64. The summed E-state index contributed by atoms with van der Waals surface area (Å²) in [4.78, 5) is 13.7. The predicted molar refractivity (Wildman–Crippen MR) is 164 cm³/mol. The van der Waals surface area contributed by atoms with E-state index >= 15 is 0 Å². The van der Waals surface area contributed by atoms with E-state index in [1.165, 1.54) is 0 Å². The third-order valence-electron chi connectivity index (χ3n) is 6.93. The number of hydrogen-bond donors (Lipinski definition) is 0. The number of benzene rings is 5. The highest BCUT2D eigenvalue weighted by molar-refractivity contribution is 7.87. The number of aromatic nitrogens is 1. The van der Waals surface area contributed by atoms with Gasteiger partial charge in [0.1, 0.15) is 11.5 Å². The Hall–Kier alpha value is -4.79. The second-order valence-electron chi connectivity index (χ2n) is 9.42. The van der Waals surface area contributed by atoms with Crippen molar-refractivity contribution >= 4 is 34.4 Å². The van der Waals surface area contributed by atoms with E-state index < -0.39 is 7.05 Å². The van der Waals surface area contributed by atoms with E-state index in [4.69, 9.17) is 9.27 Å². The molecule has 40 heavy (non-hydrogen) atoms. The molecule has 0 fully saturated rings. The molecular weight excluding hydrogens is 511 g/mol. The quantitative estimate of drug-likeness (QED) is 0.155. The number of aryl methyl sites for hydroxylation is 1. The number of carbonyl (C=O) groups excluding carboxylic acids is 1. The number of ketones is 1. The molecule has 1 heterocycles. The highest BCUT2D eigenvalue weighted by Gasteiger charge is 2.29. The Labute approximate surface area is 234 Å². The van der Waals surface area contributed by atoms with Gasteiger partial charge in [0.15, 0.2) is 5.78 Å². The monoisotopic (exact) mass is 538 g/mol. The van der Waals surface area contributed by atoms with Crippen LogP contribution < -0.4 is 15.9 Å².